The van der Waals surface area contributed by atoms with E-state index in [0.29, 0.717) is 5.56 Å². The van der Waals surface area contributed by atoms with Crippen LogP contribution in [0.5, 0.6) is 5.75 Å². The van der Waals surface area contributed by atoms with Crippen LogP contribution in [0, 0.1) is 12.3 Å². The van der Waals surface area contributed by atoms with Gasteiger partial charge in [0, 0.05) is 0 Å². The maximum atomic E-state index is 11.8. The van der Waals surface area contributed by atoms with E-state index in [1.54, 1.807) is 19.1 Å². The lowest BCUT2D eigenvalue weighted by Crippen LogP contribution is -2.47. The zero-order chi connectivity index (χ0) is 12.9. The number of ether oxygens (including phenoxy) is 1. The van der Waals surface area contributed by atoms with Gasteiger partial charge in [-0.25, -0.2) is 4.79 Å². The molecule has 1 aromatic rings. The number of rotatable bonds is 4. The van der Waals surface area contributed by atoms with E-state index in [9.17, 15) is 9.90 Å². The molecule has 4 heteroatoms. The summed E-state index contributed by atoms with van der Waals surface area (Å²) < 4.78 is 4.76. The summed E-state index contributed by atoms with van der Waals surface area (Å²) >= 11 is 0. The van der Waals surface area contributed by atoms with Crippen molar-refractivity contribution in [1.29, 1.82) is 0 Å². The summed E-state index contributed by atoms with van der Waals surface area (Å²) in [7, 11) is 1.31. The molecule has 1 rings (SSSR count). The Bertz CT molecular complexity index is 450. The first-order valence-corrected chi connectivity index (χ1v) is 5.11. The van der Waals surface area contributed by atoms with Gasteiger partial charge >= 0.3 is 5.97 Å². The minimum absolute atomic E-state index is 0.0835. The third-order valence-electron chi connectivity index (χ3n) is 2.56. The van der Waals surface area contributed by atoms with Crippen LogP contribution in [-0.2, 0) is 15.1 Å². The third-order valence-corrected chi connectivity index (χ3v) is 2.56. The molecule has 0 spiro atoms. The monoisotopic (exact) mass is 233 g/mol. The van der Waals surface area contributed by atoms with Crippen LogP contribution in [-0.4, -0.2) is 24.7 Å². The molecule has 17 heavy (non-hydrogen) atoms. The fourth-order valence-corrected chi connectivity index (χ4v) is 1.54. The SMILES string of the molecule is C#CCNC(C)(C(=O)OC)c1cccc(O)c1. The van der Waals surface area contributed by atoms with Crippen molar-refractivity contribution in [3.63, 3.8) is 0 Å². The Hall–Kier alpha value is -1.99. The number of phenols is 1. The number of benzene rings is 1. The van der Waals surface area contributed by atoms with E-state index >= 15 is 0 Å². The fraction of sp³-hybridized carbons (Fsp3) is 0.308. The zero-order valence-corrected chi connectivity index (χ0v) is 9.86. The number of carbonyl (C=O) groups is 1. The molecule has 0 amide bonds. The number of aromatic hydroxyl groups is 1. The predicted octanol–water partition coefficient (Wildman–Crippen LogP) is 1.00. The average Bonchev–Trinajstić information content (AvgIpc) is 2.34. The van der Waals surface area contributed by atoms with Gasteiger partial charge in [-0.3, -0.25) is 5.32 Å². The molecule has 0 saturated carbocycles. The minimum atomic E-state index is -1.07. The maximum absolute atomic E-state index is 11.8. The summed E-state index contributed by atoms with van der Waals surface area (Å²) in [6.45, 7) is 1.88. The van der Waals surface area contributed by atoms with Crippen LogP contribution in [0.4, 0.5) is 0 Å². The predicted molar refractivity (Wildman–Crippen MR) is 64.3 cm³/mol. The molecule has 0 heterocycles. The van der Waals surface area contributed by atoms with Gasteiger partial charge in [-0.15, -0.1) is 6.42 Å². The lowest BCUT2D eigenvalue weighted by Gasteiger charge is -2.27. The summed E-state index contributed by atoms with van der Waals surface area (Å²) in [5, 5.41) is 12.4. The summed E-state index contributed by atoms with van der Waals surface area (Å²) in [5.74, 6) is 2.03. The maximum Gasteiger partial charge on any atom is 0.330 e. The second-order valence-corrected chi connectivity index (χ2v) is 3.72. The minimum Gasteiger partial charge on any atom is -0.508 e. The van der Waals surface area contributed by atoms with Crippen molar-refractivity contribution >= 4 is 5.97 Å². The molecule has 1 aromatic carbocycles. The number of hydrogen-bond donors (Lipinski definition) is 2. The standard InChI is InChI=1S/C13H15NO3/c1-4-8-14-13(2,12(16)17-3)10-6-5-7-11(15)9-10/h1,5-7,9,14-15H,8H2,2-3H3. The van der Waals surface area contributed by atoms with E-state index in [0.717, 1.165) is 0 Å². The van der Waals surface area contributed by atoms with Crippen LogP contribution < -0.4 is 5.32 Å². The Labute approximate surface area is 101 Å². The average molecular weight is 233 g/mol. The first kappa shape index (κ1) is 13.1. The Kier molecular flexibility index (Phi) is 4.13. The summed E-state index contributed by atoms with van der Waals surface area (Å²) in [5.41, 5.74) is -0.473. The van der Waals surface area contributed by atoms with E-state index in [4.69, 9.17) is 11.2 Å². The second-order valence-electron chi connectivity index (χ2n) is 3.72. The van der Waals surface area contributed by atoms with Gasteiger partial charge in [-0.1, -0.05) is 18.1 Å². The number of hydrogen-bond acceptors (Lipinski definition) is 4. The summed E-state index contributed by atoms with van der Waals surface area (Å²) in [6, 6.07) is 6.41. The highest BCUT2D eigenvalue weighted by molar-refractivity contribution is 5.82. The normalized spacial score (nSPS) is 13.5. The summed E-state index contributed by atoms with van der Waals surface area (Å²) in [6.07, 6.45) is 5.17. The molecule has 4 nitrogen and oxygen atoms in total. The molecule has 0 saturated heterocycles. The molecule has 1 unspecified atom stereocenters. The largest absolute Gasteiger partial charge is 0.508 e. The van der Waals surface area contributed by atoms with Gasteiger partial charge in [-0.05, 0) is 24.6 Å². The first-order valence-electron chi connectivity index (χ1n) is 5.11. The van der Waals surface area contributed by atoms with Crippen molar-refractivity contribution < 1.29 is 14.6 Å². The van der Waals surface area contributed by atoms with Gasteiger partial charge < -0.3 is 9.84 Å². The fourth-order valence-electron chi connectivity index (χ4n) is 1.54. The van der Waals surface area contributed by atoms with Gasteiger partial charge in [0.05, 0.1) is 13.7 Å². The van der Waals surface area contributed by atoms with Gasteiger partial charge in [0.1, 0.15) is 11.3 Å². The van der Waals surface area contributed by atoms with Crippen molar-refractivity contribution in [1.82, 2.24) is 5.32 Å². The Balaban J connectivity index is 3.14. The van der Waals surface area contributed by atoms with Crippen LogP contribution in [0.25, 0.3) is 0 Å². The number of phenolic OH excluding ortho intramolecular Hbond substituents is 1. The topological polar surface area (TPSA) is 58.6 Å². The number of nitrogens with one attached hydrogen (secondary N) is 1. The molecule has 0 aliphatic rings. The highest BCUT2D eigenvalue weighted by Gasteiger charge is 2.35. The molecule has 0 aromatic heterocycles. The number of terminal acetylenes is 1. The smallest absolute Gasteiger partial charge is 0.330 e. The van der Waals surface area contributed by atoms with Crippen LogP contribution in [0.15, 0.2) is 24.3 Å². The summed E-state index contributed by atoms with van der Waals surface area (Å²) in [4.78, 5) is 11.8. The van der Waals surface area contributed by atoms with E-state index in [2.05, 4.69) is 11.2 Å². The van der Waals surface area contributed by atoms with E-state index < -0.39 is 11.5 Å². The van der Waals surface area contributed by atoms with Crippen LogP contribution in [0.3, 0.4) is 0 Å². The number of methoxy groups -OCH3 is 1. The quantitative estimate of drug-likeness (QED) is 0.602. The van der Waals surface area contributed by atoms with Crippen LogP contribution in [0.1, 0.15) is 12.5 Å². The highest BCUT2D eigenvalue weighted by Crippen LogP contribution is 2.25. The zero-order valence-electron chi connectivity index (χ0n) is 9.86. The van der Waals surface area contributed by atoms with E-state index in [1.807, 2.05) is 0 Å². The van der Waals surface area contributed by atoms with Crippen molar-refractivity contribution in [2.75, 3.05) is 13.7 Å². The van der Waals surface area contributed by atoms with E-state index in [1.165, 1.54) is 19.2 Å². The van der Waals surface area contributed by atoms with Gasteiger partial charge in [0.15, 0.2) is 0 Å². The second kappa shape index (κ2) is 5.37. The Morgan fingerprint density at radius 3 is 2.88 bits per heavy atom. The van der Waals surface area contributed by atoms with Crippen LogP contribution >= 0.6 is 0 Å². The molecule has 1 atom stereocenters. The van der Waals surface area contributed by atoms with Crippen molar-refractivity contribution in [3.05, 3.63) is 29.8 Å². The molecule has 0 fully saturated rings. The number of esters is 1. The lowest BCUT2D eigenvalue weighted by atomic mass is 9.92. The van der Waals surface area contributed by atoms with Crippen molar-refractivity contribution in [3.8, 4) is 18.1 Å². The Morgan fingerprint density at radius 2 is 2.35 bits per heavy atom. The van der Waals surface area contributed by atoms with E-state index in [-0.39, 0.29) is 12.3 Å². The van der Waals surface area contributed by atoms with Crippen molar-refractivity contribution in [2.24, 2.45) is 0 Å². The highest BCUT2D eigenvalue weighted by atomic mass is 16.5. The molecule has 0 aliphatic heterocycles. The lowest BCUT2D eigenvalue weighted by molar-refractivity contribution is -0.148. The molecular weight excluding hydrogens is 218 g/mol. The van der Waals surface area contributed by atoms with Gasteiger partial charge in [0.2, 0.25) is 0 Å². The number of carbonyl (C=O) groups excluding carboxylic acids is 1. The Morgan fingerprint density at radius 1 is 1.65 bits per heavy atom. The molecule has 0 bridgehead atoms. The molecule has 0 radical (unpaired) electrons. The van der Waals surface area contributed by atoms with Crippen LogP contribution in [0.2, 0.25) is 0 Å². The van der Waals surface area contributed by atoms with Gasteiger partial charge in [0.25, 0.3) is 0 Å². The van der Waals surface area contributed by atoms with Gasteiger partial charge in [-0.2, -0.15) is 0 Å². The molecule has 90 valence electrons. The first-order chi connectivity index (χ1) is 8.04. The molecule has 0 aliphatic carbocycles. The third kappa shape index (κ3) is 2.77. The molecule has 2 N–H and O–H groups in total. The van der Waals surface area contributed by atoms with Crippen molar-refractivity contribution in [2.45, 2.75) is 12.5 Å². The molecular formula is C13H15NO3.